The van der Waals surface area contributed by atoms with E-state index in [1.807, 2.05) is 6.08 Å². The molecule has 0 aromatic carbocycles. The third-order valence-electron chi connectivity index (χ3n) is 2.31. The molecule has 0 radical (unpaired) electrons. The van der Waals surface area contributed by atoms with Crippen LogP contribution < -0.4 is 5.32 Å². The minimum atomic E-state index is 0.178. The van der Waals surface area contributed by atoms with Crippen LogP contribution in [0.4, 0.5) is 0 Å². The SMILES string of the molecule is C=CCCCCCCC(=O)NC[N+](C)(C)C. The molecule has 1 amide bonds. The van der Waals surface area contributed by atoms with Gasteiger partial charge in [-0.05, 0) is 19.3 Å². The highest BCUT2D eigenvalue weighted by atomic mass is 16.1. The van der Waals surface area contributed by atoms with Crippen LogP contribution in [0.15, 0.2) is 12.7 Å². The van der Waals surface area contributed by atoms with Crippen molar-refractivity contribution in [3.63, 3.8) is 0 Å². The number of unbranched alkanes of at least 4 members (excludes halogenated alkanes) is 4. The molecule has 16 heavy (non-hydrogen) atoms. The highest BCUT2D eigenvalue weighted by Gasteiger charge is 2.08. The molecule has 0 aromatic heterocycles. The van der Waals surface area contributed by atoms with E-state index in [4.69, 9.17) is 0 Å². The maximum Gasteiger partial charge on any atom is 0.224 e. The number of allylic oxidation sites excluding steroid dienone is 1. The lowest BCUT2D eigenvalue weighted by Gasteiger charge is -2.23. The van der Waals surface area contributed by atoms with Gasteiger partial charge in [-0.25, -0.2) is 0 Å². The zero-order valence-electron chi connectivity index (χ0n) is 11.1. The first-order valence-electron chi connectivity index (χ1n) is 6.14. The molecule has 0 atom stereocenters. The first-order chi connectivity index (χ1) is 7.45. The van der Waals surface area contributed by atoms with Crippen molar-refractivity contribution in [3.8, 4) is 0 Å². The Morgan fingerprint density at radius 1 is 1.19 bits per heavy atom. The molecule has 0 saturated heterocycles. The molecule has 1 N–H and O–H groups in total. The van der Waals surface area contributed by atoms with E-state index in [0.29, 0.717) is 13.1 Å². The summed E-state index contributed by atoms with van der Waals surface area (Å²) >= 11 is 0. The number of hydrogen-bond acceptors (Lipinski definition) is 1. The van der Waals surface area contributed by atoms with Gasteiger partial charge in [-0.15, -0.1) is 6.58 Å². The molecule has 0 spiro atoms. The van der Waals surface area contributed by atoms with Gasteiger partial charge >= 0.3 is 0 Å². The molecular weight excluding hydrogens is 200 g/mol. The van der Waals surface area contributed by atoms with E-state index in [-0.39, 0.29) is 5.91 Å². The van der Waals surface area contributed by atoms with Gasteiger partial charge in [0, 0.05) is 6.42 Å². The fourth-order valence-corrected chi connectivity index (χ4v) is 1.34. The summed E-state index contributed by atoms with van der Waals surface area (Å²) in [6.45, 7) is 4.39. The van der Waals surface area contributed by atoms with Crippen LogP contribution >= 0.6 is 0 Å². The predicted molar refractivity (Wildman–Crippen MR) is 68.9 cm³/mol. The molecule has 0 aliphatic carbocycles. The normalized spacial score (nSPS) is 11.2. The maximum absolute atomic E-state index is 11.4. The lowest BCUT2D eigenvalue weighted by molar-refractivity contribution is -0.872. The Labute approximate surface area is 100 Å². The molecule has 94 valence electrons. The predicted octanol–water partition coefficient (Wildman–Crippen LogP) is 2.29. The minimum Gasteiger partial charge on any atom is -0.314 e. The Balaban J connectivity index is 3.34. The number of hydrogen-bond donors (Lipinski definition) is 1. The number of nitrogens with one attached hydrogen (secondary N) is 1. The smallest absolute Gasteiger partial charge is 0.224 e. The second kappa shape index (κ2) is 8.34. The van der Waals surface area contributed by atoms with E-state index < -0.39 is 0 Å². The largest absolute Gasteiger partial charge is 0.314 e. The van der Waals surface area contributed by atoms with Crippen LogP contribution in [-0.4, -0.2) is 38.2 Å². The van der Waals surface area contributed by atoms with Crippen molar-refractivity contribution in [1.82, 2.24) is 5.32 Å². The molecule has 0 fully saturated rings. The second-order valence-corrected chi connectivity index (χ2v) is 5.29. The van der Waals surface area contributed by atoms with Crippen LogP contribution in [0.25, 0.3) is 0 Å². The van der Waals surface area contributed by atoms with Gasteiger partial charge in [0.25, 0.3) is 0 Å². The van der Waals surface area contributed by atoms with Crippen molar-refractivity contribution in [2.75, 3.05) is 27.8 Å². The standard InChI is InChI=1S/C13H26N2O/c1-5-6-7-8-9-10-11-13(16)14-12-15(2,3)4/h5H,1,6-12H2,2-4H3/p+1. The van der Waals surface area contributed by atoms with Crippen molar-refractivity contribution < 1.29 is 9.28 Å². The molecule has 0 saturated carbocycles. The number of rotatable bonds is 9. The fraction of sp³-hybridized carbons (Fsp3) is 0.769. The van der Waals surface area contributed by atoms with Gasteiger partial charge in [-0.1, -0.05) is 18.9 Å². The molecule has 0 aliphatic rings. The molecule has 3 heteroatoms. The van der Waals surface area contributed by atoms with Gasteiger partial charge in [0.1, 0.15) is 0 Å². The highest BCUT2D eigenvalue weighted by molar-refractivity contribution is 5.75. The van der Waals surface area contributed by atoms with E-state index in [9.17, 15) is 4.79 Å². The van der Waals surface area contributed by atoms with Crippen LogP contribution in [-0.2, 0) is 4.79 Å². The number of carbonyl (C=O) groups excluding carboxylic acids is 1. The van der Waals surface area contributed by atoms with E-state index in [1.165, 1.54) is 12.8 Å². The van der Waals surface area contributed by atoms with E-state index in [0.717, 1.165) is 23.7 Å². The van der Waals surface area contributed by atoms with E-state index in [2.05, 4.69) is 33.0 Å². The number of quaternary nitrogens is 1. The average molecular weight is 227 g/mol. The van der Waals surface area contributed by atoms with Gasteiger partial charge < -0.3 is 9.80 Å². The Morgan fingerprint density at radius 3 is 2.38 bits per heavy atom. The van der Waals surface area contributed by atoms with Crippen molar-refractivity contribution in [2.45, 2.75) is 38.5 Å². The Morgan fingerprint density at radius 2 is 1.81 bits per heavy atom. The Bertz CT molecular complexity index is 206. The van der Waals surface area contributed by atoms with Crippen molar-refractivity contribution in [1.29, 1.82) is 0 Å². The monoisotopic (exact) mass is 227 g/mol. The molecular formula is C13H27N2O+. The number of nitrogens with zero attached hydrogens (tertiary/aromatic N) is 1. The van der Waals surface area contributed by atoms with Gasteiger partial charge in [-0.3, -0.25) is 4.79 Å². The van der Waals surface area contributed by atoms with Gasteiger partial charge in [0.2, 0.25) is 5.91 Å². The third kappa shape index (κ3) is 11.2. The lowest BCUT2D eigenvalue weighted by Crippen LogP contribution is -2.45. The summed E-state index contributed by atoms with van der Waals surface area (Å²) in [7, 11) is 6.20. The van der Waals surface area contributed by atoms with Crippen LogP contribution in [0.2, 0.25) is 0 Å². The van der Waals surface area contributed by atoms with Crippen LogP contribution in [0.5, 0.6) is 0 Å². The number of carbonyl (C=O) groups is 1. The molecule has 0 aromatic rings. The summed E-state index contributed by atoms with van der Waals surface area (Å²) in [5.41, 5.74) is 0. The first kappa shape index (κ1) is 15.2. The van der Waals surface area contributed by atoms with Crippen molar-refractivity contribution in [2.24, 2.45) is 0 Å². The van der Waals surface area contributed by atoms with Crippen molar-refractivity contribution in [3.05, 3.63) is 12.7 Å². The van der Waals surface area contributed by atoms with Crippen LogP contribution in [0.3, 0.4) is 0 Å². The quantitative estimate of drug-likeness (QED) is 0.278. The first-order valence-corrected chi connectivity index (χ1v) is 6.14. The third-order valence-corrected chi connectivity index (χ3v) is 2.31. The van der Waals surface area contributed by atoms with Crippen LogP contribution in [0, 0.1) is 0 Å². The molecule has 0 rings (SSSR count). The maximum atomic E-state index is 11.4. The molecule has 3 nitrogen and oxygen atoms in total. The van der Waals surface area contributed by atoms with Gasteiger partial charge in [-0.2, -0.15) is 0 Å². The van der Waals surface area contributed by atoms with Gasteiger partial charge in [0.05, 0.1) is 21.1 Å². The van der Waals surface area contributed by atoms with Gasteiger partial charge in [0.15, 0.2) is 6.67 Å². The summed E-state index contributed by atoms with van der Waals surface area (Å²) in [5.74, 6) is 0.178. The average Bonchev–Trinajstić information content (AvgIpc) is 2.19. The molecule has 0 aliphatic heterocycles. The zero-order valence-corrected chi connectivity index (χ0v) is 11.1. The highest BCUT2D eigenvalue weighted by Crippen LogP contribution is 2.05. The summed E-state index contributed by atoms with van der Waals surface area (Å²) in [4.78, 5) is 11.4. The summed E-state index contributed by atoms with van der Waals surface area (Å²) in [6.07, 6.45) is 8.25. The summed E-state index contributed by atoms with van der Waals surface area (Å²) in [5, 5.41) is 2.94. The minimum absolute atomic E-state index is 0.178. The fourth-order valence-electron chi connectivity index (χ4n) is 1.34. The zero-order chi connectivity index (χ0) is 12.4. The van der Waals surface area contributed by atoms with Crippen molar-refractivity contribution >= 4 is 5.91 Å². The Hall–Kier alpha value is -0.830. The Kier molecular flexibility index (Phi) is 7.90. The van der Waals surface area contributed by atoms with Crippen LogP contribution in [0.1, 0.15) is 38.5 Å². The van der Waals surface area contributed by atoms with E-state index in [1.54, 1.807) is 0 Å². The lowest BCUT2D eigenvalue weighted by atomic mass is 10.1. The topological polar surface area (TPSA) is 29.1 Å². The summed E-state index contributed by atoms with van der Waals surface area (Å²) in [6, 6.07) is 0. The summed E-state index contributed by atoms with van der Waals surface area (Å²) < 4.78 is 0.769. The molecule has 0 heterocycles. The molecule has 0 unspecified atom stereocenters. The van der Waals surface area contributed by atoms with E-state index >= 15 is 0 Å². The second-order valence-electron chi connectivity index (χ2n) is 5.29. The molecule has 0 bridgehead atoms. The number of amides is 1.